The van der Waals surface area contributed by atoms with Crippen molar-refractivity contribution in [1.29, 1.82) is 0 Å². The Morgan fingerprint density at radius 1 is 1.23 bits per heavy atom. The van der Waals surface area contributed by atoms with Crippen LogP contribution in [0, 0.1) is 0 Å². The van der Waals surface area contributed by atoms with E-state index < -0.39 is 59.7 Å². The highest BCUT2D eigenvalue weighted by atomic mass is 35.5. The summed E-state index contributed by atoms with van der Waals surface area (Å²) >= 11 is 6.20. The summed E-state index contributed by atoms with van der Waals surface area (Å²) in [6, 6.07) is 0.564. The zero-order valence-electron chi connectivity index (χ0n) is 16.5. The predicted octanol–water partition coefficient (Wildman–Crippen LogP) is 3.28. The first-order valence-electron chi connectivity index (χ1n) is 9.48. The van der Waals surface area contributed by atoms with Crippen LogP contribution in [0.25, 0.3) is 5.65 Å². The Morgan fingerprint density at radius 2 is 1.84 bits per heavy atom. The predicted molar refractivity (Wildman–Crippen MR) is 103 cm³/mol. The number of fused-ring (bicyclic) bond motifs is 1. The molecule has 1 amide bonds. The molecule has 1 saturated carbocycles. The van der Waals surface area contributed by atoms with Gasteiger partial charge in [0.05, 0.1) is 29.4 Å². The maximum absolute atomic E-state index is 13.3. The van der Waals surface area contributed by atoms with Crippen LogP contribution in [0.15, 0.2) is 17.3 Å². The molecular weight excluding hydrogens is 464 g/mol. The number of aromatic nitrogens is 2. The number of carbonyl (C=O) groups is 1. The molecule has 1 aliphatic carbocycles. The van der Waals surface area contributed by atoms with E-state index in [9.17, 15) is 30.8 Å². The Kier molecular flexibility index (Phi) is 5.06. The topological polar surface area (TPSA) is 83.8 Å². The van der Waals surface area contributed by atoms with Gasteiger partial charge in [0, 0.05) is 25.1 Å². The van der Waals surface area contributed by atoms with Crippen molar-refractivity contribution in [2.45, 2.75) is 55.5 Å². The number of rotatable bonds is 5. The summed E-state index contributed by atoms with van der Waals surface area (Å²) in [6.07, 6.45) is 0.232. The van der Waals surface area contributed by atoms with E-state index in [1.54, 1.807) is 13.8 Å². The summed E-state index contributed by atoms with van der Waals surface area (Å²) in [4.78, 5) is 16.8. The number of hydrogen-bond donors (Lipinski definition) is 1. The maximum atomic E-state index is 13.3. The molecule has 0 atom stereocenters. The largest absolute Gasteiger partial charge is 0.349 e. The van der Waals surface area contributed by atoms with Gasteiger partial charge in [0.2, 0.25) is 0 Å². The first-order chi connectivity index (χ1) is 14.2. The zero-order valence-corrected chi connectivity index (χ0v) is 18.1. The summed E-state index contributed by atoms with van der Waals surface area (Å²) in [6.45, 7) is 1.52. The molecule has 7 nitrogen and oxygen atoms in total. The van der Waals surface area contributed by atoms with Crippen LogP contribution in [0.1, 0.15) is 48.7 Å². The van der Waals surface area contributed by atoms with Gasteiger partial charge in [-0.1, -0.05) is 25.4 Å². The molecule has 0 radical (unpaired) electrons. The molecule has 2 aromatic rings. The summed E-state index contributed by atoms with van der Waals surface area (Å²) in [5, 5.41) is 2.04. The van der Waals surface area contributed by atoms with Crippen molar-refractivity contribution >= 4 is 33.2 Å². The average molecular weight is 483 g/mol. The van der Waals surface area contributed by atoms with Gasteiger partial charge in [-0.05, 0) is 12.0 Å². The Morgan fingerprint density at radius 3 is 2.35 bits per heavy atom. The van der Waals surface area contributed by atoms with Gasteiger partial charge in [0.15, 0.2) is 5.03 Å². The second kappa shape index (κ2) is 7.04. The van der Waals surface area contributed by atoms with Crippen LogP contribution in [-0.2, 0) is 10.0 Å². The van der Waals surface area contributed by atoms with Crippen LogP contribution < -0.4 is 5.32 Å². The molecule has 0 bridgehead atoms. The number of nitrogens with one attached hydrogen (secondary N) is 1. The zero-order chi connectivity index (χ0) is 22.9. The maximum Gasteiger partial charge on any atom is 0.275 e. The van der Waals surface area contributed by atoms with Gasteiger partial charge in [-0.3, -0.25) is 9.20 Å². The number of imidazole rings is 1. The van der Waals surface area contributed by atoms with E-state index in [2.05, 4.69) is 10.3 Å². The molecule has 31 heavy (non-hydrogen) atoms. The number of amides is 1. The van der Waals surface area contributed by atoms with Crippen LogP contribution in [0.2, 0.25) is 5.02 Å². The highest BCUT2D eigenvalue weighted by Crippen LogP contribution is 2.38. The van der Waals surface area contributed by atoms with Gasteiger partial charge in [-0.15, -0.1) is 0 Å². The van der Waals surface area contributed by atoms with Gasteiger partial charge < -0.3 is 5.32 Å². The molecule has 1 aliphatic heterocycles. The third-order valence-corrected chi connectivity index (χ3v) is 7.44. The Labute approximate surface area is 180 Å². The lowest BCUT2D eigenvalue weighted by molar-refractivity contribution is -0.0946. The molecular formula is C18H19ClF4N4O3S. The molecule has 0 unspecified atom stereocenters. The normalized spacial score (nSPS) is 21.2. The highest BCUT2D eigenvalue weighted by molar-refractivity contribution is 7.89. The molecule has 0 aromatic carbocycles. The van der Waals surface area contributed by atoms with Crippen molar-refractivity contribution in [3.63, 3.8) is 0 Å². The van der Waals surface area contributed by atoms with Crippen molar-refractivity contribution in [3.8, 4) is 0 Å². The fourth-order valence-corrected chi connectivity index (χ4v) is 5.80. The molecule has 1 N–H and O–H groups in total. The lowest BCUT2D eigenvalue weighted by Crippen LogP contribution is -2.58. The van der Waals surface area contributed by atoms with E-state index in [4.69, 9.17) is 11.6 Å². The SMILES string of the molecule is CC(C)c1nc2cc(C(=O)NC3CC(F)(F)C3)c(Cl)cn2c1S(=O)(=O)N1CC(F)(F)C1. The van der Waals surface area contributed by atoms with E-state index in [0.29, 0.717) is 4.31 Å². The van der Waals surface area contributed by atoms with Crippen LogP contribution in [0.5, 0.6) is 0 Å². The molecule has 2 aromatic heterocycles. The fourth-order valence-electron chi connectivity index (χ4n) is 3.65. The van der Waals surface area contributed by atoms with E-state index in [-0.39, 0.29) is 32.9 Å². The molecule has 0 spiro atoms. The third kappa shape index (κ3) is 3.89. The molecule has 4 rings (SSSR count). The summed E-state index contributed by atoms with van der Waals surface area (Å²) < 4.78 is 80.5. The second-order valence-electron chi connectivity index (χ2n) is 8.28. The number of pyridine rings is 1. The number of sulfonamides is 1. The first-order valence-corrected chi connectivity index (χ1v) is 11.3. The quantitative estimate of drug-likeness (QED) is 0.663. The smallest absolute Gasteiger partial charge is 0.275 e. The highest BCUT2D eigenvalue weighted by Gasteiger charge is 2.51. The van der Waals surface area contributed by atoms with Crippen LogP contribution in [-0.4, -0.2) is 59.0 Å². The van der Waals surface area contributed by atoms with Gasteiger partial charge in [0.25, 0.3) is 27.8 Å². The minimum Gasteiger partial charge on any atom is -0.349 e. The minimum atomic E-state index is -4.30. The number of hydrogen-bond acceptors (Lipinski definition) is 4. The van der Waals surface area contributed by atoms with Crippen LogP contribution >= 0.6 is 11.6 Å². The van der Waals surface area contributed by atoms with Crippen molar-refractivity contribution in [1.82, 2.24) is 19.0 Å². The number of carbonyl (C=O) groups excluding carboxylic acids is 1. The molecule has 1 saturated heterocycles. The minimum absolute atomic E-state index is 0.0517. The Bertz CT molecular complexity index is 1170. The van der Waals surface area contributed by atoms with Gasteiger partial charge >= 0.3 is 0 Å². The summed E-state index contributed by atoms with van der Waals surface area (Å²) in [5.41, 5.74) is 0.162. The molecule has 2 aliphatic rings. The lowest BCUT2D eigenvalue weighted by Gasteiger charge is -2.37. The third-order valence-electron chi connectivity index (χ3n) is 5.31. The standard InChI is InChI=1S/C18H19ClF4N4O3S/c1-9(2)14-16(31(29,30)26-7-18(22,23)8-26)27-6-12(19)11(3-13(27)25-14)15(28)24-10-4-17(20,21)5-10/h3,6,9-10H,4-5,7-8H2,1-2H3,(H,24,28). The molecule has 170 valence electrons. The van der Waals surface area contributed by atoms with Crippen molar-refractivity contribution in [2.24, 2.45) is 0 Å². The van der Waals surface area contributed by atoms with Gasteiger partial charge in [-0.2, -0.15) is 4.31 Å². The van der Waals surface area contributed by atoms with Crippen molar-refractivity contribution in [2.75, 3.05) is 13.1 Å². The van der Waals surface area contributed by atoms with E-state index >= 15 is 0 Å². The van der Waals surface area contributed by atoms with Crippen molar-refractivity contribution < 1.29 is 30.8 Å². The first kappa shape index (κ1) is 22.3. The van der Waals surface area contributed by atoms with Crippen LogP contribution in [0.3, 0.4) is 0 Å². The monoisotopic (exact) mass is 482 g/mol. The summed E-state index contributed by atoms with van der Waals surface area (Å²) in [7, 11) is -4.30. The lowest BCUT2D eigenvalue weighted by atomic mass is 9.88. The van der Waals surface area contributed by atoms with E-state index in [0.717, 1.165) is 4.40 Å². The fraction of sp³-hybridized carbons (Fsp3) is 0.556. The number of alkyl halides is 4. The summed E-state index contributed by atoms with van der Waals surface area (Å²) in [5.74, 6) is -6.96. The molecule has 3 heterocycles. The Balaban J connectivity index is 1.72. The molecule has 13 heteroatoms. The second-order valence-corrected chi connectivity index (χ2v) is 10.5. The molecule has 2 fully saturated rings. The van der Waals surface area contributed by atoms with Gasteiger partial charge in [0.1, 0.15) is 5.65 Å². The average Bonchev–Trinajstić information content (AvgIpc) is 2.96. The van der Waals surface area contributed by atoms with Crippen molar-refractivity contribution in [3.05, 3.63) is 28.5 Å². The van der Waals surface area contributed by atoms with Crippen LogP contribution in [0.4, 0.5) is 17.6 Å². The number of halogens is 5. The van der Waals surface area contributed by atoms with Gasteiger partial charge in [-0.25, -0.2) is 31.0 Å². The Hall–Kier alpha value is -1.92. The number of nitrogens with zero attached hydrogens (tertiary/aromatic N) is 3. The van der Waals surface area contributed by atoms with E-state index in [1.807, 2.05) is 0 Å². The van der Waals surface area contributed by atoms with E-state index in [1.165, 1.54) is 12.3 Å².